The van der Waals surface area contributed by atoms with Gasteiger partial charge in [-0.15, -0.1) is 0 Å². The van der Waals surface area contributed by atoms with Gasteiger partial charge in [0.15, 0.2) is 11.6 Å². The monoisotopic (exact) mass is 612 g/mol. The third-order valence-electron chi connectivity index (χ3n) is 3.38. The number of hydrogen-bond acceptors (Lipinski definition) is 6. The molecule has 0 saturated heterocycles. The summed E-state index contributed by atoms with van der Waals surface area (Å²) in [5, 5.41) is 8.12. The molecule has 0 N–H and O–H groups in total. The first kappa shape index (κ1) is 22.8. The number of aromatic nitrogens is 6. The summed E-state index contributed by atoms with van der Waals surface area (Å²) in [6.07, 6.45) is 10.5. The first-order valence-corrected chi connectivity index (χ1v) is 14.4. The Morgan fingerprint density at radius 3 is 1.48 bits per heavy atom. The van der Waals surface area contributed by atoms with Gasteiger partial charge in [0.05, 0.1) is 14.2 Å². The quantitative estimate of drug-likeness (QED) is 0.348. The Balaban J connectivity index is 0.000000183. The Hall–Kier alpha value is -2.46. The van der Waals surface area contributed by atoms with Gasteiger partial charge in [-0.05, 0) is 24.3 Å². The Morgan fingerprint density at radius 1 is 0.759 bits per heavy atom. The standard InChI is InChI=1S/2C9H9N3O.2ClH.Os/c2*1-13-8-3-5-10-9(7-8)12-6-2-4-11-12;;;/h2*2-7H,1H3;2*1H;/q;;;;+2/p-2. The van der Waals surface area contributed by atoms with Crippen molar-refractivity contribution in [3.8, 4) is 23.1 Å². The average molecular weight is 612 g/mol. The second kappa shape index (κ2) is 12.9. The van der Waals surface area contributed by atoms with Crippen LogP contribution in [0.3, 0.4) is 0 Å². The Bertz CT molecular complexity index is 877. The van der Waals surface area contributed by atoms with Gasteiger partial charge in [0, 0.05) is 49.3 Å². The van der Waals surface area contributed by atoms with Gasteiger partial charge in [-0.3, -0.25) is 0 Å². The van der Waals surface area contributed by atoms with Crippen LogP contribution in [0.25, 0.3) is 11.6 Å². The van der Waals surface area contributed by atoms with Crippen molar-refractivity contribution in [2.45, 2.75) is 0 Å². The van der Waals surface area contributed by atoms with Crippen molar-refractivity contribution >= 4 is 19.3 Å². The fourth-order valence-corrected chi connectivity index (χ4v) is 2.11. The van der Waals surface area contributed by atoms with Crippen LogP contribution < -0.4 is 9.47 Å². The molecule has 0 fully saturated rings. The van der Waals surface area contributed by atoms with Gasteiger partial charge in [0.1, 0.15) is 11.5 Å². The van der Waals surface area contributed by atoms with E-state index in [0.29, 0.717) is 0 Å². The van der Waals surface area contributed by atoms with E-state index in [1.807, 2.05) is 36.7 Å². The van der Waals surface area contributed by atoms with Gasteiger partial charge in [0.25, 0.3) is 0 Å². The van der Waals surface area contributed by atoms with Gasteiger partial charge in [-0.1, -0.05) is 0 Å². The zero-order valence-electron chi connectivity index (χ0n) is 15.5. The van der Waals surface area contributed by atoms with Gasteiger partial charge >= 0.3 is 34.7 Å². The molecule has 0 saturated carbocycles. The first-order valence-electron chi connectivity index (χ1n) is 8.07. The number of hydrogen-bond donors (Lipinski definition) is 0. The number of ether oxygens (including phenoxy) is 2. The molecule has 0 aliphatic carbocycles. The summed E-state index contributed by atoms with van der Waals surface area (Å²) in [4.78, 5) is 8.30. The molecule has 8 nitrogen and oxygen atoms in total. The number of methoxy groups -OCH3 is 2. The van der Waals surface area contributed by atoms with E-state index >= 15 is 0 Å². The Kier molecular flexibility index (Phi) is 10.1. The molecule has 0 atom stereocenters. The van der Waals surface area contributed by atoms with Crippen LogP contribution in [0.4, 0.5) is 0 Å². The van der Waals surface area contributed by atoms with Crippen molar-refractivity contribution in [2.75, 3.05) is 14.2 Å². The van der Waals surface area contributed by atoms with Crippen molar-refractivity contribution in [3.05, 3.63) is 73.6 Å². The van der Waals surface area contributed by atoms with Crippen LogP contribution in [0.2, 0.25) is 0 Å². The molecule has 4 aromatic rings. The molecule has 11 heteroatoms. The molecule has 154 valence electrons. The second-order valence-corrected chi connectivity index (χ2v) is 8.73. The van der Waals surface area contributed by atoms with E-state index in [0.717, 1.165) is 23.1 Å². The Morgan fingerprint density at radius 2 is 1.17 bits per heavy atom. The van der Waals surface area contributed by atoms with Crippen LogP contribution in [0, 0.1) is 0 Å². The molecule has 0 unspecified atom stereocenters. The predicted octanol–water partition coefficient (Wildman–Crippen LogP) is 3.93. The molecular formula is C18H18Cl2N6O2Os. The number of nitrogens with zero attached hydrogens (tertiary/aromatic N) is 6. The van der Waals surface area contributed by atoms with Crippen molar-refractivity contribution < 1.29 is 24.9 Å². The van der Waals surface area contributed by atoms with Crippen LogP contribution in [-0.4, -0.2) is 43.7 Å². The Labute approximate surface area is 184 Å². The zero-order chi connectivity index (χ0) is 20.9. The minimum absolute atomic E-state index is 0.639. The van der Waals surface area contributed by atoms with Crippen LogP contribution in [0.15, 0.2) is 73.6 Å². The van der Waals surface area contributed by atoms with Crippen molar-refractivity contribution in [1.29, 1.82) is 0 Å². The average Bonchev–Trinajstić information content (AvgIpc) is 3.49. The van der Waals surface area contributed by atoms with Gasteiger partial charge in [-0.25, -0.2) is 19.3 Å². The van der Waals surface area contributed by atoms with E-state index in [9.17, 15) is 0 Å². The topological polar surface area (TPSA) is 79.9 Å². The SMILES string of the molecule is COc1ccnc(-n2cccn2)c1.COc1ccnc(-n2cccn2)c1.[Cl][Os][Cl]. The van der Waals surface area contributed by atoms with E-state index in [-0.39, 0.29) is 0 Å². The van der Waals surface area contributed by atoms with Crippen LogP contribution >= 0.6 is 19.3 Å². The van der Waals surface area contributed by atoms with E-state index in [1.165, 1.54) is 0 Å². The summed E-state index contributed by atoms with van der Waals surface area (Å²) in [7, 11) is 13.1. The summed E-state index contributed by atoms with van der Waals surface area (Å²) in [6.45, 7) is 0. The molecule has 0 aromatic carbocycles. The molecule has 29 heavy (non-hydrogen) atoms. The molecule has 4 aromatic heterocycles. The van der Waals surface area contributed by atoms with E-state index < -0.39 is 15.4 Å². The fourth-order valence-electron chi connectivity index (χ4n) is 2.11. The summed E-state index contributed by atoms with van der Waals surface area (Å²) >= 11 is -0.639. The van der Waals surface area contributed by atoms with E-state index in [2.05, 4.69) is 20.2 Å². The van der Waals surface area contributed by atoms with Gasteiger partial charge in [-0.2, -0.15) is 10.2 Å². The molecule has 0 amide bonds. The minimum atomic E-state index is -0.639. The van der Waals surface area contributed by atoms with Crippen LogP contribution in [0.5, 0.6) is 11.5 Å². The third-order valence-corrected chi connectivity index (χ3v) is 3.38. The fraction of sp³-hybridized carbons (Fsp3) is 0.111. The van der Waals surface area contributed by atoms with Crippen LogP contribution in [-0.2, 0) is 15.4 Å². The van der Waals surface area contributed by atoms with E-state index in [1.54, 1.807) is 60.5 Å². The summed E-state index contributed by atoms with van der Waals surface area (Å²) in [6, 6.07) is 10.9. The maximum absolute atomic E-state index is 5.07. The zero-order valence-corrected chi connectivity index (χ0v) is 19.6. The summed E-state index contributed by atoms with van der Waals surface area (Å²) in [5.74, 6) is 3.06. The number of halogens is 2. The van der Waals surface area contributed by atoms with Gasteiger partial charge in [0.2, 0.25) is 0 Å². The molecule has 0 spiro atoms. The van der Waals surface area contributed by atoms with Crippen molar-refractivity contribution in [1.82, 2.24) is 29.5 Å². The van der Waals surface area contributed by atoms with Gasteiger partial charge < -0.3 is 9.47 Å². The molecule has 0 aliphatic rings. The first-order chi connectivity index (χ1) is 14.2. The summed E-state index contributed by atoms with van der Waals surface area (Å²) in [5.41, 5.74) is 0. The molecule has 4 heterocycles. The predicted molar refractivity (Wildman–Crippen MR) is 108 cm³/mol. The molecule has 4 rings (SSSR count). The van der Waals surface area contributed by atoms with E-state index in [4.69, 9.17) is 28.7 Å². The molecule has 0 aliphatic heterocycles. The molecular weight excluding hydrogens is 593 g/mol. The van der Waals surface area contributed by atoms with Crippen LogP contribution in [0.1, 0.15) is 0 Å². The van der Waals surface area contributed by atoms with Crippen molar-refractivity contribution in [3.63, 3.8) is 0 Å². The second-order valence-electron chi connectivity index (χ2n) is 5.06. The third kappa shape index (κ3) is 7.46. The molecule has 0 radical (unpaired) electrons. The van der Waals surface area contributed by atoms with Crippen molar-refractivity contribution in [2.24, 2.45) is 0 Å². The number of pyridine rings is 2. The maximum atomic E-state index is 5.07. The normalized spacial score (nSPS) is 9.66. The summed E-state index contributed by atoms with van der Waals surface area (Å²) < 4.78 is 13.5. The molecule has 0 bridgehead atoms. The number of rotatable bonds is 4.